The van der Waals surface area contributed by atoms with Crippen molar-refractivity contribution in [3.8, 4) is 5.75 Å². The number of rotatable bonds is 5. The Balaban J connectivity index is 1.53. The molecule has 1 N–H and O–H groups in total. The zero-order chi connectivity index (χ0) is 22.1. The zero-order valence-corrected chi connectivity index (χ0v) is 18.0. The zero-order valence-electron chi connectivity index (χ0n) is 16.5. The minimum atomic E-state index is -0.586. The second-order valence-electron chi connectivity index (χ2n) is 6.79. The van der Waals surface area contributed by atoms with Gasteiger partial charge in [-0.2, -0.15) is 5.10 Å². The average Bonchev–Trinajstić information content (AvgIpc) is 3.07. The molecule has 0 radical (unpaired) electrons. The summed E-state index contributed by atoms with van der Waals surface area (Å²) in [5, 5.41) is 7.97. The molecular formula is C21H16Cl2FN5O2. The second-order valence-corrected chi connectivity index (χ2v) is 7.55. The summed E-state index contributed by atoms with van der Waals surface area (Å²) in [4.78, 5) is 20.7. The Labute approximate surface area is 186 Å². The van der Waals surface area contributed by atoms with E-state index in [0.717, 1.165) is 11.6 Å². The molecule has 0 aliphatic carbocycles. The van der Waals surface area contributed by atoms with Crippen LogP contribution in [0.2, 0.25) is 10.2 Å². The molecule has 2 heterocycles. The van der Waals surface area contributed by atoms with Crippen molar-refractivity contribution in [2.24, 2.45) is 7.05 Å². The minimum absolute atomic E-state index is 0.120. The van der Waals surface area contributed by atoms with E-state index in [1.165, 1.54) is 18.5 Å². The Morgan fingerprint density at radius 3 is 2.77 bits per heavy atom. The van der Waals surface area contributed by atoms with Crippen LogP contribution in [0.15, 0.2) is 42.7 Å². The SMILES string of the molecule is Cc1ccc(NC(=O)c2ccc(F)c(Cl)c2)cc1OCc1nn(C)c2ncnc(Cl)c12. The lowest BCUT2D eigenvalue weighted by Crippen LogP contribution is -2.12. The molecule has 0 atom stereocenters. The first kappa shape index (κ1) is 21.0. The summed E-state index contributed by atoms with van der Waals surface area (Å²) >= 11 is 12.0. The number of nitrogens with zero attached hydrogens (tertiary/aromatic N) is 4. The maximum absolute atomic E-state index is 13.3. The van der Waals surface area contributed by atoms with Gasteiger partial charge in [-0.05, 0) is 36.8 Å². The molecule has 10 heteroatoms. The summed E-state index contributed by atoms with van der Waals surface area (Å²) in [7, 11) is 1.76. The van der Waals surface area contributed by atoms with Crippen molar-refractivity contribution in [1.29, 1.82) is 0 Å². The van der Waals surface area contributed by atoms with Gasteiger partial charge in [0.15, 0.2) is 5.65 Å². The highest BCUT2D eigenvalue weighted by Crippen LogP contribution is 2.27. The second kappa shape index (κ2) is 8.49. The fourth-order valence-electron chi connectivity index (χ4n) is 3.05. The van der Waals surface area contributed by atoms with Crippen molar-refractivity contribution in [2.75, 3.05) is 5.32 Å². The van der Waals surface area contributed by atoms with E-state index in [-0.39, 0.29) is 17.2 Å². The van der Waals surface area contributed by atoms with Crippen LogP contribution in [0, 0.1) is 12.7 Å². The molecular weight excluding hydrogens is 444 g/mol. The van der Waals surface area contributed by atoms with Crippen LogP contribution in [0.5, 0.6) is 5.75 Å². The Bertz CT molecular complexity index is 1310. The third-order valence-corrected chi connectivity index (χ3v) is 5.22. The molecule has 0 spiro atoms. The fraction of sp³-hybridized carbons (Fsp3) is 0.143. The molecule has 0 bridgehead atoms. The summed E-state index contributed by atoms with van der Waals surface area (Å²) in [6.45, 7) is 2.02. The van der Waals surface area contributed by atoms with Crippen LogP contribution in [-0.2, 0) is 13.7 Å². The number of aryl methyl sites for hydroxylation is 2. The highest BCUT2D eigenvalue weighted by molar-refractivity contribution is 6.34. The molecule has 0 saturated heterocycles. The molecule has 7 nitrogen and oxygen atoms in total. The molecule has 1 amide bonds. The molecule has 4 aromatic rings. The van der Waals surface area contributed by atoms with E-state index in [2.05, 4.69) is 20.4 Å². The summed E-state index contributed by atoms with van der Waals surface area (Å²) in [5.41, 5.74) is 2.82. The van der Waals surface area contributed by atoms with E-state index in [4.69, 9.17) is 27.9 Å². The van der Waals surface area contributed by atoms with Gasteiger partial charge in [-0.25, -0.2) is 19.0 Å². The van der Waals surface area contributed by atoms with Gasteiger partial charge in [-0.3, -0.25) is 4.79 Å². The smallest absolute Gasteiger partial charge is 0.255 e. The van der Waals surface area contributed by atoms with E-state index in [0.29, 0.717) is 33.3 Å². The number of benzene rings is 2. The monoisotopic (exact) mass is 459 g/mol. The van der Waals surface area contributed by atoms with Gasteiger partial charge in [0, 0.05) is 24.4 Å². The Hall–Kier alpha value is -3.23. The van der Waals surface area contributed by atoms with Crippen LogP contribution < -0.4 is 10.1 Å². The quantitative estimate of drug-likeness (QED) is 0.427. The van der Waals surface area contributed by atoms with Crippen LogP contribution in [0.25, 0.3) is 11.0 Å². The van der Waals surface area contributed by atoms with Gasteiger partial charge in [0.05, 0.1) is 10.4 Å². The number of hydrogen-bond donors (Lipinski definition) is 1. The van der Waals surface area contributed by atoms with Gasteiger partial charge in [0.25, 0.3) is 5.91 Å². The van der Waals surface area contributed by atoms with E-state index < -0.39 is 11.7 Å². The molecule has 2 aromatic carbocycles. The number of aromatic nitrogens is 4. The van der Waals surface area contributed by atoms with E-state index in [9.17, 15) is 9.18 Å². The van der Waals surface area contributed by atoms with Gasteiger partial charge in [0.2, 0.25) is 0 Å². The molecule has 0 unspecified atom stereocenters. The number of ether oxygens (including phenoxy) is 1. The number of amides is 1. The first-order valence-corrected chi connectivity index (χ1v) is 9.91. The van der Waals surface area contributed by atoms with Crippen molar-refractivity contribution < 1.29 is 13.9 Å². The fourth-order valence-corrected chi connectivity index (χ4v) is 3.47. The lowest BCUT2D eigenvalue weighted by atomic mass is 10.1. The number of fused-ring (bicyclic) bond motifs is 1. The number of carbonyl (C=O) groups is 1. The summed E-state index contributed by atoms with van der Waals surface area (Å²) in [5.74, 6) is -0.449. The molecule has 2 aromatic heterocycles. The normalized spacial score (nSPS) is 11.0. The topological polar surface area (TPSA) is 81.9 Å². The molecule has 0 fully saturated rings. The van der Waals surface area contributed by atoms with Crippen LogP contribution in [0.4, 0.5) is 10.1 Å². The highest BCUT2D eigenvalue weighted by atomic mass is 35.5. The van der Waals surface area contributed by atoms with Gasteiger partial charge >= 0.3 is 0 Å². The third kappa shape index (κ3) is 4.30. The molecule has 0 saturated carbocycles. The average molecular weight is 460 g/mol. The van der Waals surface area contributed by atoms with Gasteiger partial charge in [-0.15, -0.1) is 0 Å². The molecule has 158 valence electrons. The summed E-state index contributed by atoms with van der Waals surface area (Å²) in [6.07, 6.45) is 1.38. The van der Waals surface area contributed by atoms with E-state index in [1.54, 1.807) is 23.9 Å². The number of anilines is 1. The first-order chi connectivity index (χ1) is 14.8. The maximum Gasteiger partial charge on any atom is 0.255 e. The van der Waals surface area contributed by atoms with Crippen LogP contribution >= 0.6 is 23.2 Å². The lowest BCUT2D eigenvalue weighted by molar-refractivity contribution is 0.102. The number of carbonyl (C=O) groups excluding carboxylic acids is 1. The Morgan fingerprint density at radius 2 is 2.00 bits per heavy atom. The van der Waals surface area contributed by atoms with Gasteiger partial charge in [-0.1, -0.05) is 29.3 Å². The van der Waals surface area contributed by atoms with Crippen LogP contribution in [0.1, 0.15) is 21.6 Å². The van der Waals surface area contributed by atoms with Crippen molar-refractivity contribution in [1.82, 2.24) is 19.7 Å². The van der Waals surface area contributed by atoms with Crippen LogP contribution in [-0.4, -0.2) is 25.7 Å². The standard InChI is InChI=1S/C21H16Cl2FN5O2/c1-11-3-5-13(27-21(30)12-4-6-15(24)14(22)7-12)8-17(11)31-9-16-18-19(23)25-10-26-20(18)29(2)28-16/h3-8,10H,9H2,1-2H3,(H,27,30). The third-order valence-electron chi connectivity index (χ3n) is 4.64. The van der Waals surface area contributed by atoms with Gasteiger partial charge < -0.3 is 10.1 Å². The highest BCUT2D eigenvalue weighted by Gasteiger charge is 2.16. The maximum atomic E-state index is 13.3. The van der Waals surface area contributed by atoms with Crippen molar-refractivity contribution in [3.05, 3.63) is 75.5 Å². The minimum Gasteiger partial charge on any atom is -0.487 e. The lowest BCUT2D eigenvalue weighted by Gasteiger charge is -2.12. The Morgan fingerprint density at radius 1 is 1.19 bits per heavy atom. The van der Waals surface area contributed by atoms with Crippen molar-refractivity contribution in [3.63, 3.8) is 0 Å². The molecule has 0 aliphatic heterocycles. The van der Waals surface area contributed by atoms with Gasteiger partial charge in [0.1, 0.15) is 35.3 Å². The number of halogens is 3. The summed E-state index contributed by atoms with van der Waals surface area (Å²) < 4.78 is 20.9. The first-order valence-electron chi connectivity index (χ1n) is 9.15. The number of nitrogens with one attached hydrogen (secondary N) is 1. The van der Waals surface area contributed by atoms with E-state index >= 15 is 0 Å². The predicted octanol–water partition coefficient (Wildman–Crippen LogP) is 4.95. The predicted molar refractivity (Wildman–Crippen MR) is 116 cm³/mol. The number of hydrogen-bond acceptors (Lipinski definition) is 5. The molecule has 0 aliphatic rings. The van der Waals surface area contributed by atoms with Crippen molar-refractivity contribution in [2.45, 2.75) is 13.5 Å². The molecule has 4 rings (SSSR count). The summed E-state index contributed by atoms with van der Waals surface area (Å²) in [6, 6.07) is 9.03. The largest absolute Gasteiger partial charge is 0.487 e. The Kier molecular flexibility index (Phi) is 5.75. The van der Waals surface area contributed by atoms with E-state index in [1.807, 2.05) is 13.0 Å². The molecule has 31 heavy (non-hydrogen) atoms. The van der Waals surface area contributed by atoms with Crippen LogP contribution in [0.3, 0.4) is 0 Å². The van der Waals surface area contributed by atoms with Crippen molar-refractivity contribution >= 4 is 45.8 Å².